The molecule has 0 fully saturated rings. The van der Waals surface area contributed by atoms with Crippen molar-refractivity contribution in [2.24, 2.45) is 0 Å². The number of hydrogen-bond acceptors (Lipinski definition) is 0. The van der Waals surface area contributed by atoms with E-state index in [0.717, 1.165) is 0 Å². The summed E-state index contributed by atoms with van der Waals surface area (Å²) in [6, 6.07) is 0. The van der Waals surface area contributed by atoms with E-state index in [1.807, 2.05) is 0 Å². The number of hydrogen-bond donors (Lipinski definition) is 0. The monoisotopic (exact) mass is 1300 g/mol. The quantitative estimate of drug-likeness (QED) is 0.212. The first-order valence-electron chi connectivity index (χ1n) is 0. The summed E-state index contributed by atoms with van der Waals surface area (Å²) >= 11 is 0. The summed E-state index contributed by atoms with van der Waals surface area (Å²) in [6.45, 7) is 0. The van der Waals surface area contributed by atoms with Crippen molar-refractivity contribution >= 4 is 1150 Å². The summed E-state index contributed by atoms with van der Waals surface area (Å²) in [4.78, 5) is 0. The average Bonchev–Trinajstić information content (AvgIpc) is 0. The Morgan fingerprint density at radius 2 is 0.0200 bits per heavy atom. The van der Waals surface area contributed by atoms with Gasteiger partial charge in [-0.3, -0.25) is 0 Å². The van der Waals surface area contributed by atoms with Crippen LogP contribution in [0.4, 0.5) is 0 Å². The summed E-state index contributed by atoms with van der Waals surface area (Å²) in [5.74, 6) is 0. The predicted octanol–water partition coefficient (Wildman–Crippen LogP) is -45.8. The summed E-state index contributed by atoms with van der Waals surface area (Å²) in [5, 5.41) is 0. The van der Waals surface area contributed by atoms with E-state index in [4.69, 9.17) is 0 Å². The minimum Gasteiger partial charge on any atom is 0.316 e. The summed E-state index contributed by atoms with van der Waals surface area (Å²) in [6.07, 6.45) is 0. The fourth-order valence-corrected chi connectivity index (χ4v) is 0. The van der Waals surface area contributed by atoms with E-state index >= 15 is 0 Å². The van der Waals surface area contributed by atoms with E-state index in [0.29, 0.717) is 0 Å². The van der Waals surface area contributed by atoms with Crippen LogP contribution in [-0.2, 0) is 0 Å². The van der Waals surface area contributed by atoms with Crippen LogP contribution in [0.25, 0.3) is 0 Å². The fourth-order valence-electron chi connectivity index (χ4n) is 0. The molecule has 0 atom stereocenters. The molecule has 0 unspecified atom stereocenters. The van der Waals surface area contributed by atoms with Gasteiger partial charge in [0.1, 0.15) is 0 Å². The second-order valence-electron chi connectivity index (χ2n) is 0. The van der Waals surface area contributed by atoms with Gasteiger partial charge in [-0.15, -0.1) is 0 Å². The molecule has 0 aromatic carbocycles. The highest BCUT2D eigenvalue weighted by Crippen LogP contribution is -0.332. The molecule has 0 radical (unpaired) electrons. The lowest BCUT2D eigenvalue weighted by atomic mass is 24.3. The highest BCUT2D eigenvalue weighted by molar-refractivity contribution is 5.80. The Morgan fingerprint density at radius 1 is 0.0200 bits per heavy atom. The molecule has 0 bridgehead atoms. The Hall–Kier alpha value is 38.3. The molecule has 0 aliphatic carbocycles. The van der Waals surface area contributed by atoms with Gasteiger partial charge in [0.15, 0.2) is 0 Å². The first kappa shape index (κ1) is 459. The van der Waals surface area contributed by atoms with Crippen LogP contribution in [-0.4, -0.2) is 1150 Å². The van der Waals surface area contributed by atoms with E-state index in [9.17, 15) is 0 Å². The standard InChI is InChI=1S/50Mg.100H. The lowest BCUT2D eigenvalue weighted by Crippen LogP contribution is -0.382. The third-order valence-corrected chi connectivity index (χ3v) is 0. The van der Waals surface area contributed by atoms with Crippen LogP contribution in [0.5, 0.6) is 0 Å². The van der Waals surface area contributed by atoms with E-state index in [1.165, 1.54) is 0 Å². The molecule has 0 aromatic heterocycles. The van der Waals surface area contributed by atoms with Crippen LogP contribution >= 0.6 is 0 Å². The summed E-state index contributed by atoms with van der Waals surface area (Å²) in [5.41, 5.74) is 0. The molecule has 0 heterocycles. The van der Waals surface area contributed by atoms with Gasteiger partial charge in [-0.25, -0.2) is 0 Å². The van der Waals surface area contributed by atoms with E-state index in [1.54, 1.807) is 0 Å². The van der Waals surface area contributed by atoms with Gasteiger partial charge in [0.25, 0.3) is 0 Å². The van der Waals surface area contributed by atoms with Crippen molar-refractivity contribution in [3.8, 4) is 0 Å². The molecule has 0 rings (SSSR count). The molecule has 200 valence electrons. The van der Waals surface area contributed by atoms with Crippen LogP contribution in [0.3, 0.4) is 0 Å². The Morgan fingerprint density at radius 3 is 0.0200 bits per heavy atom. The molecular formula is H100Mg50. The SMILES string of the molecule is [MgH2].[MgH2].[MgH2].[MgH2].[MgH2].[MgH2].[MgH2].[MgH2].[MgH2].[MgH2].[MgH2].[MgH2].[MgH2].[MgH2].[MgH2].[MgH2].[MgH2].[MgH2].[MgH2].[MgH2].[MgH2].[MgH2].[MgH2].[MgH2].[MgH2].[MgH2].[MgH2].[MgH2].[MgH2].[MgH2].[MgH2].[MgH2].[MgH2].[MgH2].[MgH2].[MgH2].[MgH2].[MgH2].[MgH2].[MgH2].[MgH2].[MgH2].[MgH2].[MgH2].[MgH2].[MgH2].[MgH2].[MgH2].[MgH2].[MgH2]. The maximum absolute atomic E-state index is 0. The molecule has 0 spiro atoms. The second kappa shape index (κ2) is 443. The van der Waals surface area contributed by atoms with Gasteiger partial charge in [-0.05, 0) is 0 Å². The van der Waals surface area contributed by atoms with E-state index < -0.39 is 0 Å². The zero-order valence-corrected chi connectivity index (χ0v) is 0. The molecule has 0 aliphatic rings. The van der Waals surface area contributed by atoms with Crippen molar-refractivity contribution in [3.05, 3.63) is 0 Å². The third kappa shape index (κ3) is 428. The van der Waals surface area contributed by atoms with Crippen LogP contribution in [0, 0.1) is 0 Å². The summed E-state index contributed by atoms with van der Waals surface area (Å²) < 4.78 is 0. The molecule has 0 aliphatic heterocycles. The maximum atomic E-state index is 0. The Kier molecular flexibility index (Phi) is 4070. The van der Waals surface area contributed by atoms with Crippen molar-refractivity contribution < 1.29 is 0 Å². The van der Waals surface area contributed by atoms with Crippen molar-refractivity contribution in [2.75, 3.05) is 0 Å². The Bertz CT molecular complexity index is 0. The lowest BCUT2D eigenvalue weighted by molar-refractivity contribution is 5.75. The van der Waals surface area contributed by atoms with Gasteiger partial charge in [0.05, 0.1) is 0 Å². The molecule has 50 heavy (non-hydrogen) atoms. The van der Waals surface area contributed by atoms with Gasteiger partial charge in [0.2, 0.25) is 0 Å². The largest absolute Gasteiger partial charge is 0.316 e. The highest BCUT2D eigenvalue weighted by Gasteiger charge is 0.365. The van der Waals surface area contributed by atoms with E-state index in [2.05, 4.69) is 0 Å². The molecule has 0 amide bonds. The molecule has 50 heteroatoms. The molecule has 0 saturated heterocycles. The van der Waals surface area contributed by atoms with Crippen molar-refractivity contribution in [3.63, 3.8) is 0 Å². The van der Waals surface area contributed by atoms with Crippen molar-refractivity contribution in [2.45, 2.75) is 0 Å². The van der Waals surface area contributed by atoms with Crippen LogP contribution in [0.1, 0.15) is 0 Å². The van der Waals surface area contributed by atoms with Gasteiger partial charge >= 0.3 is 1150 Å². The number of rotatable bonds is 0. The predicted molar refractivity (Wildman–Crippen MR) is 427 cm³/mol. The zero-order chi connectivity index (χ0) is 0. The molecular weight excluding hydrogens is 1220 g/mol. The first-order chi connectivity index (χ1) is 0. The summed E-state index contributed by atoms with van der Waals surface area (Å²) in [7, 11) is 0. The highest BCUT2D eigenvalue weighted by atomic mass is 24.4. The first-order valence-corrected chi connectivity index (χ1v) is 0. The minimum atomic E-state index is 0. The van der Waals surface area contributed by atoms with Gasteiger partial charge in [-0.2, -0.15) is 0 Å². The van der Waals surface area contributed by atoms with E-state index in [-0.39, 0.29) is 1150 Å². The van der Waals surface area contributed by atoms with Crippen molar-refractivity contribution in [1.29, 1.82) is 0 Å². The van der Waals surface area contributed by atoms with Crippen LogP contribution < -0.4 is 0 Å². The van der Waals surface area contributed by atoms with Gasteiger partial charge < -0.3 is 0 Å². The second-order valence-corrected chi connectivity index (χ2v) is 0. The average molecular weight is 1320 g/mol. The zero-order valence-electron chi connectivity index (χ0n) is 0. The van der Waals surface area contributed by atoms with Gasteiger partial charge in [-0.1, -0.05) is 0 Å². The maximum Gasteiger partial charge on any atom is 0.316 e. The molecule has 0 saturated carbocycles. The van der Waals surface area contributed by atoms with Gasteiger partial charge in [0, 0.05) is 0 Å². The molecule has 0 N–H and O–H groups in total. The Labute approximate surface area is 1110 Å². The normalized spacial score (nSPS) is 0. The molecule has 0 nitrogen and oxygen atoms in total. The van der Waals surface area contributed by atoms with Crippen molar-refractivity contribution in [1.82, 2.24) is 0 Å². The minimum absolute atomic E-state index is 0. The topological polar surface area (TPSA) is 0 Å². The third-order valence-electron chi connectivity index (χ3n) is 0. The lowest BCUT2D eigenvalue weighted by Gasteiger charge is 0.315. The fraction of sp³-hybridized carbons (Fsp3) is 0. The smallest absolute Gasteiger partial charge is 0.316 e. The van der Waals surface area contributed by atoms with Crippen LogP contribution in [0.2, 0.25) is 0 Å². The Balaban J connectivity index is 0. The van der Waals surface area contributed by atoms with Crippen LogP contribution in [0.15, 0.2) is 0 Å². The molecule has 0 aromatic rings.